The second kappa shape index (κ2) is 7.94. The summed E-state index contributed by atoms with van der Waals surface area (Å²) in [7, 11) is 1.52. The van der Waals surface area contributed by atoms with Crippen LogP contribution in [0.15, 0.2) is 24.0 Å². The van der Waals surface area contributed by atoms with E-state index in [1.54, 1.807) is 6.92 Å². The standard InChI is InChI=1S/C16H30N2O3/c1-7-17(8-2)15(13(3)16(5,19)20-6)14(4)18-9-11-21-12-10-18/h7,14,19H,1,8-12H2,2-6H3/b15-13-. The van der Waals surface area contributed by atoms with Crippen molar-refractivity contribution in [2.24, 2.45) is 0 Å². The van der Waals surface area contributed by atoms with Crippen molar-refractivity contribution in [1.82, 2.24) is 9.80 Å². The van der Waals surface area contributed by atoms with Gasteiger partial charge >= 0.3 is 0 Å². The van der Waals surface area contributed by atoms with E-state index in [1.165, 1.54) is 7.11 Å². The van der Waals surface area contributed by atoms with Crippen molar-refractivity contribution >= 4 is 0 Å². The maximum Gasteiger partial charge on any atom is 0.186 e. The Labute approximate surface area is 128 Å². The van der Waals surface area contributed by atoms with Crippen LogP contribution in [0.4, 0.5) is 0 Å². The van der Waals surface area contributed by atoms with Crippen LogP contribution in [0.25, 0.3) is 0 Å². The second-order valence-electron chi connectivity index (χ2n) is 5.49. The maximum atomic E-state index is 10.5. The summed E-state index contributed by atoms with van der Waals surface area (Å²) in [6.45, 7) is 15.8. The number of rotatable bonds is 7. The smallest absolute Gasteiger partial charge is 0.186 e. The Balaban J connectivity index is 3.18. The van der Waals surface area contributed by atoms with Crippen LogP contribution in [0.2, 0.25) is 0 Å². The van der Waals surface area contributed by atoms with Gasteiger partial charge in [-0.05, 0) is 33.9 Å². The van der Waals surface area contributed by atoms with Crippen LogP contribution in [0.3, 0.4) is 0 Å². The molecule has 0 aromatic rings. The Morgan fingerprint density at radius 1 is 1.52 bits per heavy atom. The Morgan fingerprint density at radius 2 is 2.10 bits per heavy atom. The van der Waals surface area contributed by atoms with Gasteiger partial charge in [-0.2, -0.15) is 0 Å². The highest BCUT2D eigenvalue weighted by molar-refractivity contribution is 5.24. The first kappa shape index (κ1) is 18.2. The molecule has 21 heavy (non-hydrogen) atoms. The van der Waals surface area contributed by atoms with Crippen molar-refractivity contribution in [1.29, 1.82) is 0 Å². The minimum absolute atomic E-state index is 0.161. The summed E-state index contributed by atoms with van der Waals surface area (Å²) >= 11 is 0. The van der Waals surface area contributed by atoms with E-state index in [9.17, 15) is 5.11 Å². The van der Waals surface area contributed by atoms with Crippen LogP contribution < -0.4 is 0 Å². The zero-order valence-corrected chi connectivity index (χ0v) is 14.1. The molecular formula is C16H30N2O3. The highest BCUT2D eigenvalue weighted by Gasteiger charge is 2.31. The molecule has 0 radical (unpaired) electrons. The fraction of sp³-hybridized carbons (Fsp3) is 0.750. The largest absolute Gasteiger partial charge is 0.379 e. The van der Waals surface area contributed by atoms with Crippen LogP contribution >= 0.6 is 0 Å². The molecule has 0 amide bonds. The van der Waals surface area contributed by atoms with E-state index in [0.717, 1.165) is 44.1 Å². The van der Waals surface area contributed by atoms with Crippen molar-refractivity contribution in [2.45, 2.75) is 39.5 Å². The van der Waals surface area contributed by atoms with Gasteiger partial charge in [-0.15, -0.1) is 0 Å². The zero-order valence-electron chi connectivity index (χ0n) is 14.1. The Kier molecular flexibility index (Phi) is 6.87. The molecule has 5 nitrogen and oxygen atoms in total. The van der Waals surface area contributed by atoms with Crippen molar-refractivity contribution < 1.29 is 14.6 Å². The molecular weight excluding hydrogens is 268 g/mol. The zero-order chi connectivity index (χ0) is 16.0. The van der Waals surface area contributed by atoms with E-state index in [1.807, 2.05) is 13.1 Å². The number of aliphatic hydroxyl groups is 1. The van der Waals surface area contributed by atoms with Gasteiger partial charge < -0.3 is 19.5 Å². The predicted octanol–water partition coefficient (Wildman–Crippen LogP) is 1.80. The minimum atomic E-state index is -1.29. The first-order valence-corrected chi connectivity index (χ1v) is 7.58. The van der Waals surface area contributed by atoms with Crippen LogP contribution in [-0.2, 0) is 9.47 Å². The lowest BCUT2D eigenvalue weighted by Gasteiger charge is -2.40. The molecule has 1 N–H and O–H groups in total. The summed E-state index contributed by atoms with van der Waals surface area (Å²) in [5, 5.41) is 10.5. The van der Waals surface area contributed by atoms with Crippen LogP contribution in [0.1, 0.15) is 27.7 Å². The van der Waals surface area contributed by atoms with Gasteiger partial charge in [-0.3, -0.25) is 4.90 Å². The third kappa shape index (κ3) is 4.30. The summed E-state index contributed by atoms with van der Waals surface area (Å²) in [4.78, 5) is 4.43. The van der Waals surface area contributed by atoms with Crippen LogP contribution in [0, 0.1) is 0 Å². The highest BCUT2D eigenvalue weighted by Crippen LogP contribution is 2.27. The third-order valence-electron chi connectivity index (χ3n) is 4.34. The summed E-state index contributed by atoms with van der Waals surface area (Å²) in [5.41, 5.74) is 1.85. The van der Waals surface area contributed by atoms with Gasteiger partial charge in [0, 0.05) is 44.1 Å². The molecule has 1 fully saturated rings. The molecule has 0 aliphatic carbocycles. The average Bonchev–Trinajstić information content (AvgIpc) is 2.52. The minimum Gasteiger partial charge on any atom is -0.379 e. The molecule has 0 aromatic carbocycles. The number of hydrogen-bond acceptors (Lipinski definition) is 5. The third-order valence-corrected chi connectivity index (χ3v) is 4.34. The summed E-state index contributed by atoms with van der Waals surface area (Å²) in [6.07, 6.45) is 1.81. The lowest BCUT2D eigenvalue weighted by Crippen LogP contribution is -2.47. The van der Waals surface area contributed by atoms with Gasteiger partial charge in [0.1, 0.15) is 0 Å². The highest BCUT2D eigenvalue weighted by atomic mass is 16.6. The predicted molar refractivity (Wildman–Crippen MR) is 84.8 cm³/mol. The Bertz CT molecular complexity index is 374. The quantitative estimate of drug-likeness (QED) is 0.726. The Hall–Kier alpha value is -0.880. The Morgan fingerprint density at radius 3 is 2.52 bits per heavy atom. The van der Waals surface area contributed by atoms with Gasteiger partial charge in [0.2, 0.25) is 0 Å². The molecule has 0 aromatic heterocycles. The van der Waals surface area contributed by atoms with E-state index in [4.69, 9.17) is 9.47 Å². The number of hydrogen-bond donors (Lipinski definition) is 1. The van der Waals surface area contributed by atoms with Crippen molar-refractivity contribution in [2.75, 3.05) is 40.0 Å². The molecule has 1 saturated heterocycles. The number of methoxy groups -OCH3 is 1. The lowest BCUT2D eigenvalue weighted by molar-refractivity contribution is -0.141. The van der Waals surface area contributed by atoms with Gasteiger partial charge in [-0.1, -0.05) is 6.58 Å². The van der Waals surface area contributed by atoms with E-state index in [2.05, 4.69) is 30.2 Å². The molecule has 1 heterocycles. The molecule has 1 aliphatic heterocycles. The topological polar surface area (TPSA) is 45.2 Å². The van der Waals surface area contributed by atoms with Gasteiger partial charge in [0.25, 0.3) is 0 Å². The molecule has 0 saturated carbocycles. The maximum absolute atomic E-state index is 10.5. The monoisotopic (exact) mass is 298 g/mol. The van der Waals surface area contributed by atoms with Crippen molar-refractivity contribution in [3.63, 3.8) is 0 Å². The van der Waals surface area contributed by atoms with Crippen LogP contribution in [0.5, 0.6) is 0 Å². The molecule has 0 spiro atoms. The van der Waals surface area contributed by atoms with E-state index < -0.39 is 5.79 Å². The molecule has 1 aliphatic rings. The molecule has 2 unspecified atom stereocenters. The fourth-order valence-electron chi connectivity index (χ4n) is 2.69. The first-order valence-electron chi connectivity index (χ1n) is 7.58. The van der Waals surface area contributed by atoms with Crippen LogP contribution in [-0.4, -0.2) is 66.7 Å². The first-order chi connectivity index (χ1) is 9.88. The van der Waals surface area contributed by atoms with Gasteiger partial charge in [0.15, 0.2) is 5.79 Å². The van der Waals surface area contributed by atoms with Crippen molar-refractivity contribution in [3.8, 4) is 0 Å². The summed E-state index contributed by atoms with van der Waals surface area (Å²) in [6, 6.07) is 0.161. The van der Waals surface area contributed by atoms with E-state index >= 15 is 0 Å². The number of ether oxygens (including phenoxy) is 2. The molecule has 122 valence electrons. The van der Waals surface area contributed by atoms with Crippen molar-refractivity contribution in [3.05, 3.63) is 24.0 Å². The average molecular weight is 298 g/mol. The molecule has 1 rings (SSSR count). The van der Waals surface area contributed by atoms with E-state index in [-0.39, 0.29) is 6.04 Å². The molecule has 2 atom stereocenters. The molecule has 0 bridgehead atoms. The SMILES string of the molecule is C=CN(CC)/C(=C(/C)C(C)(O)OC)C(C)N1CCOCC1. The fourth-order valence-corrected chi connectivity index (χ4v) is 2.69. The molecule has 5 heteroatoms. The second-order valence-corrected chi connectivity index (χ2v) is 5.49. The summed E-state index contributed by atoms with van der Waals surface area (Å²) < 4.78 is 10.7. The van der Waals surface area contributed by atoms with Gasteiger partial charge in [-0.25, -0.2) is 0 Å². The normalized spacial score (nSPS) is 22.2. The number of likely N-dealkylation sites (N-methyl/N-ethyl adjacent to an activating group) is 1. The number of nitrogens with zero attached hydrogens (tertiary/aromatic N) is 2. The van der Waals surface area contributed by atoms with E-state index in [0.29, 0.717) is 0 Å². The van der Waals surface area contributed by atoms with Gasteiger partial charge in [0.05, 0.1) is 13.2 Å². The lowest BCUT2D eigenvalue weighted by atomic mass is 10.0. The number of morpholine rings is 1. The summed E-state index contributed by atoms with van der Waals surface area (Å²) in [5.74, 6) is -1.29.